The molecule has 20 heavy (non-hydrogen) atoms. The quantitative estimate of drug-likeness (QED) is 0.841. The number of rotatable bonds is 3. The lowest BCUT2D eigenvalue weighted by atomic mass is 10.2. The van der Waals surface area contributed by atoms with Crippen molar-refractivity contribution >= 4 is 5.91 Å². The van der Waals surface area contributed by atoms with Gasteiger partial charge in [0.25, 0.3) is 0 Å². The van der Waals surface area contributed by atoms with Crippen LogP contribution in [0.2, 0.25) is 0 Å². The molecule has 0 aliphatic carbocycles. The van der Waals surface area contributed by atoms with Crippen molar-refractivity contribution in [3.05, 3.63) is 30.1 Å². The van der Waals surface area contributed by atoms with Crippen LogP contribution in [-0.4, -0.2) is 44.1 Å². The standard InChI is InChI=1S/C13H14FN5O/c14-11-6-2-1-5-10(11)13-15-17-19(16-13)9-12(20)18-7-3-4-8-18/h1-2,5-6H,3-4,7-9H2. The van der Waals surface area contributed by atoms with Crippen molar-refractivity contribution < 1.29 is 9.18 Å². The van der Waals surface area contributed by atoms with Gasteiger partial charge in [-0.25, -0.2) is 4.39 Å². The van der Waals surface area contributed by atoms with Crippen molar-refractivity contribution in [3.8, 4) is 11.4 Å². The molecule has 2 aromatic rings. The maximum Gasteiger partial charge on any atom is 0.246 e. The molecule has 0 spiro atoms. The number of hydrogen-bond acceptors (Lipinski definition) is 4. The zero-order valence-corrected chi connectivity index (χ0v) is 10.9. The fourth-order valence-electron chi connectivity index (χ4n) is 2.25. The van der Waals surface area contributed by atoms with Crippen LogP contribution < -0.4 is 0 Å². The van der Waals surface area contributed by atoms with E-state index in [9.17, 15) is 9.18 Å². The molecular formula is C13H14FN5O. The summed E-state index contributed by atoms with van der Waals surface area (Å²) in [6.45, 7) is 1.61. The van der Waals surface area contributed by atoms with Crippen LogP contribution in [0.4, 0.5) is 4.39 Å². The van der Waals surface area contributed by atoms with Crippen LogP contribution in [0.15, 0.2) is 24.3 Å². The maximum absolute atomic E-state index is 13.6. The third kappa shape index (κ3) is 2.52. The highest BCUT2D eigenvalue weighted by atomic mass is 19.1. The zero-order chi connectivity index (χ0) is 13.9. The van der Waals surface area contributed by atoms with Crippen molar-refractivity contribution in [2.24, 2.45) is 0 Å². The van der Waals surface area contributed by atoms with Gasteiger partial charge in [0.1, 0.15) is 12.4 Å². The Labute approximate surface area is 115 Å². The Morgan fingerprint density at radius 2 is 2.00 bits per heavy atom. The highest BCUT2D eigenvalue weighted by molar-refractivity contribution is 5.76. The largest absolute Gasteiger partial charge is 0.341 e. The van der Waals surface area contributed by atoms with Gasteiger partial charge in [0, 0.05) is 13.1 Å². The van der Waals surface area contributed by atoms with E-state index in [2.05, 4.69) is 15.4 Å². The van der Waals surface area contributed by atoms with Crippen molar-refractivity contribution in [1.29, 1.82) is 0 Å². The number of halogens is 1. The van der Waals surface area contributed by atoms with Gasteiger partial charge in [0.2, 0.25) is 11.7 Å². The Bertz CT molecular complexity index is 621. The lowest BCUT2D eigenvalue weighted by Crippen LogP contribution is -2.31. The number of carbonyl (C=O) groups is 1. The molecule has 1 aromatic heterocycles. The number of nitrogens with zero attached hydrogens (tertiary/aromatic N) is 5. The first-order valence-electron chi connectivity index (χ1n) is 6.54. The molecule has 1 aliphatic heterocycles. The molecule has 2 heterocycles. The SMILES string of the molecule is O=C(Cn1nnc(-c2ccccc2F)n1)N1CCCC1. The van der Waals surface area contributed by atoms with Crippen LogP contribution >= 0.6 is 0 Å². The first-order valence-corrected chi connectivity index (χ1v) is 6.54. The van der Waals surface area contributed by atoms with E-state index in [1.807, 2.05) is 0 Å². The first kappa shape index (κ1) is 12.7. The van der Waals surface area contributed by atoms with Gasteiger partial charge in [-0.05, 0) is 30.2 Å². The molecule has 0 unspecified atom stereocenters. The topological polar surface area (TPSA) is 63.9 Å². The average molecular weight is 275 g/mol. The second-order valence-electron chi connectivity index (χ2n) is 4.71. The van der Waals surface area contributed by atoms with E-state index in [4.69, 9.17) is 0 Å². The van der Waals surface area contributed by atoms with E-state index in [1.54, 1.807) is 23.1 Å². The first-order chi connectivity index (χ1) is 9.74. The lowest BCUT2D eigenvalue weighted by molar-refractivity contribution is -0.131. The summed E-state index contributed by atoms with van der Waals surface area (Å²) in [7, 11) is 0. The Morgan fingerprint density at radius 3 is 2.75 bits per heavy atom. The number of likely N-dealkylation sites (tertiary alicyclic amines) is 1. The molecule has 0 bridgehead atoms. The Hall–Kier alpha value is -2.31. The molecule has 1 fully saturated rings. The van der Waals surface area contributed by atoms with Crippen LogP contribution in [0.3, 0.4) is 0 Å². The molecule has 104 valence electrons. The van der Waals surface area contributed by atoms with Crippen LogP contribution in [0.25, 0.3) is 11.4 Å². The predicted molar refractivity (Wildman–Crippen MR) is 69.0 cm³/mol. The van der Waals surface area contributed by atoms with Crippen molar-refractivity contribution in [3.63, 3.8) is 0 Å². The van der Waals surface area contributed by atoms with E-state index >= 15 is 0 Å². The van der Waals surface area contributed by atoms with Crippen molar-refractivity contribution in [2.45, 2.75) is 19.4 Å². The van der Waals surface area contributed by atoms with E-state index in [0.717, 1.165) is 25.9 Å². The second kappa shape index (κ2) is 5.36. The Balaban J connectivity index is 1.74. The molecule has 0 saturated carbocycles. The normalized spacial score (nSPS) is 14.8. The van der Waals surface area contributed by atoms with Crippen LogP contribution in [0, 0.1) is 5.82 Å². The van der Waals surface area contributed by atoms with E-state index in [-0.39, 0.29) is 23.8 Å². The van der Waals surface area contributed by atoms with Crippen LogP contribution in [0.1, 0.15) is 12.8 Å². The van der Waals surface area contributed by atoms with Gasteiger partial charge in [0.05, 0.1) is 5.56 Å². The van der Waals surface area contributed by atoms with Gasteiger partial charge >= 0.3 is 0 Å². The minimum absolute atomic E-state index is 0.0278. The summed E-state index contributed by atoms with van der Waals surface area (Å²) in [5.74, 6) is -0.241. The van der Waals surface area contributed by atoms with E-state index < -0.39 is 5.82 Å². The van der Waals surface area contributed by atoms with Gasteiger partial charge in [-0.1, -0.05) is 12.1 Å². The number of amides is 1. The fraction of sp³-hybridized carbons (Fsp3) is 0.385. The molecule has 1 saturated heterocycles. The third-order valence-corrected chi connectivity index (χ3v) is 3.30. The molecule has 3 rings (SSSR count). The van der Waals surface area contributed by atoms with Gasteiger partial charge in [-0.15, -0.1) is 10.2 Å². The summed E-state index contributed by atoms with van der Waals surface area (Å²) in [5, 5.41) is 11.7. The van der Waals surface area contributed by atoms with Crippen molar-refractivity contribution in [2.75, 3.05) is 13.1 Å². The van der Waals surface area contributed by atoms with E-state index in [0.29, 0.717) is 0 Å². The summed E-state index contributed by atoms with van der Waals surface area (Å²) >= 11 is 0. The molecule has 6 nitrogen and oxygen atoms in total. The molecule has 7 heteroatoms. The molecular weight excluding hydrogens is 261 g/mol. The van der Waals surface area contributed by atoms with Crippen LogP contribution in [-0.2, 0) is 11.3 Å². The molecule has 0 atom stereocenters. The van der Waals surface area contributed by atoms with Gasteiger partial charge in [0.15, 0.2) is 0 Å². The predicted octanol–water partition coefficient (Wildman–Crippen LogP) is 1.10. The number of carbonyl (C=O) groups excluding carboxylic acids is 1. The number of aromatic nitrogens is 4. The smallest absolute Gasteiger partial charge is 0.246 e. The highest BCUT2D eigenvalue weighted by Gasteiger charge is 2.19. The second-order valence-corrected chi connectivity index (χ2v) is 4.71. The summed E-state index contributed by atoms with van der Waals surface area (Å²) in [5.41, 5.74) is 0.285. The fourth-order valence-corrected chi connectivity index (χ4v) is 2.25. The van der Waals surface area contributed by atoms with Crippen molar-refractivity contribution in [1.82, 2.24) is 25.1 Å². The highest BCUT2D eigenvalue weighted by Crippen LogP contribution is 2.17. The van der Waals surface area contributed by atoms with Gasteiger partial charge < -0.3 is 4.90 Å². The number of hydrogen-bond donors (Lipinski definition) is 0. The average Bonchev–Trinajstić information content (AvgIpc) is 3.10. The zero-order valence-electron chi connectivity index (χ0n) is 10.9. The van der Waals surface area contributed by atoms with Gasteiger partial charge in [-0.3, -0.25) is 4.79 Å². The molecule has 1 amide bonds. The summed E-state index contributed by atoms with van der Waals surface area (Å²) in [6, 6.07) is 6.22. The summed E-state index contributed by atoms with van der Waals surface area (Å²) < 4.78 is 13.6. The van der Waals surface area contributed by atoms with E-state index in [1.165, 1.54) is 10.9 Å². The molecule has 0 radical (unpaired) electrons. The lowest BCUT2D eigenvalue weighted by Gasteiger charge is -2.13. The van der Waals surface area contributed by atoms with Gasteiger partial charge in [-0.2, -0.15) is 4.80 Å². The minimum Gasteiger partial charge on any atom is -0.341 e. The molecule has 0 N–H and O–H groups in total. The monoisotopic (exact) mass is 275 g/mol. The maximum atomic E-state index is 13.6. The summed E-state index contributed by atoms with van der Waals surface area (Å²) in [6.07, 6.45) is 2.08. The Morgan fingerprint density at radius 1 is 1.25 bits per heavy atom. The Kier molecular flexibility index (Phi) is 3.41. The molecule has 1 aliphatic rings. The number of benzene rings is 1. The minimum atomic E-state index is -0.405. The summed E-state index contributed by atoms with van der Waals surface area (Å²) in [4.78, 5) is 14.9. The third-order valence-electron chi connectivity index (χ3n) is 3.30. The van der Waals surface area contributed by atoms with Crippen LogP contribution in [0.5, 0.6) is 0 Å². The molecule has 1 aromatic carbocycles. The number of tetrazole rings is 1.